The second kappa shape index (κ2) is 19.2. The highest BCUT2D eigenvalue weighted by Crippen LogP contribution is 2.46. The van der Waals surface area contributed by atoms with Crippen LogP contribution < -0.4 is 18.9 Å². The van der Waals surface area contributed by atoms with Gasteiger partial charge in [-0.15, -0.1) is 0 Å². The quantitative estimate of drug-likeness (QED) is 0.0996. The number of para-hydroxylation sites is 1. The molecule has 0 radical (unpaired) electrons. The van der Waals surface area contributed by atoms with E-state index in [1.807, 2.05) is 25.1 Å². The molecule has 0 unspecified atom stereocenters. The summed E-state index contributed by atoms with van der Waals surface area (Å²) >= 11 is 8.17. The first-order valence-corrected chi connectivity index (χ1v) is 21.1. The summed E-state index contributed by atoms with van der Waals surface area (Å²) in [5.74, 6) is 0.265. The van der Waals surface area contributed by atoms with Crippen molar-refractivity contribution in [3.05, 3.63) is 125 Å². The molecule has 1 atom stereocenters. The van der Waals surface area contributed by atoms with Crippen LogP contribution in [0.1, 0.15) is 16.8 Å². The van der Waals surface area contributed by atoms with E-state index in [2.05, 4.69) is 36.2 Å². The van der Waals surface area contributed by atoms with E-state index in [0.717, 1.165) is 44.3 Å². The molecule has 1 aliphatic heterocycles. The van der Waals surface area contributed by atoms with Gasteiger partial charge in [0.25, 0.3) is 0 Å². The van der Waals surface area contributed by atoms with Crippen molar-refractivity contribution in [1.29, 1.82) is 0 Å². The van der Waals surface area contributed by atoms with Crippen LogP contribution in [-0.2, 0) is 17.8 Å². The molecule has 0 bridgehead atoms. The molecule has 7 aromatic rings. The van der Waals surface area contributed by atoms with Gasteiger partial charge in [0.1, 0.15) is 30.5 Å². The highest BCUT2D eigenvalue weighted by Gasteiger charge is 2.28. The number of likely N-dealkylation sites (N-methyl/N-ethyl adjacent to an activating group) is 1. The zero-order valence-electron chi connectivity index (χ0n) is 34.3. The van der Waals surface area contributed by atoms with Crippen LogP contribution in [0.25, 0.3) is 43.9 Å². The van der Waals surface area contributed by atoms with Crippen LogP contribution in [0.4, 0.5) is 4.39 Å². The van der Waals surface area contributed by atoms with Crippen LogP contribution in [0, 0.1) is 12.7 Å². The maximum absolute atomic E-state index is 14.8. The predicted octanol–water partition coefficient (Wildman–Crippen LogP) is 8.27. The van der Waals surface area contributed by atoms with Crippen molar-refractivity contribution in [2.75, 3.05) is 53.5 Å². The number of pyridine rings is 2. The van der Waals surface area contributed by atoms with Crippen LogP contribution in [0.15, 0.2) is 97.5 Å². The second-order valence-electron chi connectivity index (χ2n) is 14.7. The summed E-state index contributed by atoms with van der Waals surface area (Å²) in [5.41, 5.74) is 4.73. The molecule has 1 fully saturated rings. The summed E-state index contributed by atoms with van der Waals surface area (Å²) in [6, 6.07) is 22.3. The van der Waals surface area contributed by atoms with Gasteiger partial charge in [-0.1, -0.05) is 48.0 Å². The number of ether oxygens (including phenoxy) is 4. The zero-order chi connectivity index (χ0) is 43.2. The number of aliphatic carboxylic acids is 1. The first-order chi connectivity index (χ1) is 30.2. The van der Waals surface area contributed by atoms with E-state index in [1.165, 1.54) is 19.2 Å². The molecule has 0 aliphatic carbocycles. The highest BCUT2D eigenvalue weighted by atomic mass is 35.5. The van der Waals surface area contributed by atoms with Crippen molar-refractivity contribution in [3.8, 4) is 57.0 Å². The zero-order valence-corrected chi connectivity index (χ0v) is 35.8. The molecule has 16 heteroatoms. The SMILES string of the molecule is COc1ncccc1-c1nccc(COc2ccccc2C[C@@H](Oc2nsc3cnc(-c4cccc(F)c4)c(-c4ccc(OCCN5CCN(C)CC5)c(Cl)c4C)c23)C(=O)O)n1. The fourth-order valence-corrected chi connectivity index (χ4v) is 8.23. The number of nitrogens with zero attached hydrogens (tertiary/aromatic N) is 7. The van der Waals surface area contributed by atoms with E-state index in [1.54, 1.807) is 67.1 Å². The number of rotatable bonds is 16. The molecule has 1 saturated heterocycles. The van der Waals surface area contributed by atoms with Crippen molar-refractivity contribution in [2.45, 2.75) is 26.1 Å². The number of carbonyl (C=O) groups is 1. The van der Waals surface area contributed by atoms with Crippen LogP contribution in [0.2, 0.25) is 5.02 Å². The topological polar surface area (TPSA) is 145 Å². The first-order valence-electron chi connectivity index (χ1n) is 20.0. The Kier molecular flexibility index (Phi) is 13.1. The Morgan fingerprint density at radius 2 is 1.76 bits per heavy atom. The van der Waals surface area contributed by atoms with Gasteiger partial charge in [0.2, 0.25) is 17.9 Å². The number of piperazine rings is 1. The number of carboxylic acids is 1. The molecule has 4 aromatic heterocycles. The number of methoxy groups -OCH3 is 1. The van der Waals surface area contributed by atoms with Gasteiger partial charge in [0, 0.05) is 68.9 Å². The lowest BCUT2D eigenvalue weighted by molar-refractivity contribution is -0.145. The van der Waals surface area contributed by atoms with Gasteiger partial charge in [-0.05, 0) is 84.7 Å². The third kappa shape index (κ3) is 9.45. The van der Waals surface area contributed by atoms with E-state index in [9.17, 15) is 14.3 Å². The number of halogens is 2. The summed E-state index contributed by atoms with van der Waals surface area (Å²) < 4.78 is 44.2. The Bertz CT molecular complexity index is 2710. The first kappa shape index (κ1) is 42.4. The lowest BCUT2D eigenvalue weighted by atomic mass is 9.93. The molecular weight excluding hydrogens is 833 g/mol. The van der Waals surface area contributed by atoms with Gasteiger partial charge >= 0.3 is 5.97 Å². The van der Waals surface area contributed by atoms with E-state index in [0.29, 0.717) is 89.7 Å². The molecule has 8 rings (SSSR count). The van der Waals surface area contributed by atoms with Crippen molar-refractivity contribution >= 4 is 39.2 Å². The number of aromatic nitrogens is 5. The van der Waals surface area contributed by atoms with Gasteiger partial charge in [-0.3, -0.25) is 9.88 Å². The molecule has 0 amide bonds. The minimum atomic E-state index is -1.38. The second-order valence-corrected chi connectivity index (χ2v) is 15.9. The smallest absolute Gasteiger partial charge is 0.345 e. The lowest BCUT2D eigenvalue weighted by Gasteiger charge is -2.32. The van der Waals surface area contributed by atoms with Gasteiger partial charge < -0.3 is 29.0 Å². The van der Waals surface area contributed by atoms with E-state index >= 15 is 0 Å². The van der Waals surface area contributed by atoms with E-state index in [4.69, 9.17) is 35.5 Å². The highest BCUT2D eigenvalue weighted by molar-refractivity contribution is 7.13. The van der Waals surface area contributed by atoms with Crippen LogP contribution >= 0.6 is 23.1 Å². The number of carboxylic acid groups (broad SMARTS) is 1. The molecule has 13 nitrogen and oxygen atoms in total. The van der Waals surface area contributed by atoms with Crippen molar-refractivity contribution < 1.29 is 33.2 Å². The molecule has 0 saturated carbocycles. The Balaban J connectivity index is 1.08. The summed E-state index contributed by atoms with van der Waals surface area (Å²) in [6.45, 7) is 7.17. The van der Waals surface area contributed by atoms with Gasteiger partial charge in [0.15, 0.2) is 5.82 Å². The molecule has 1 aliphatic rings. The summed E-state index contributed by atoms with van der Waals surface area (Å²) in [6.07, 6.45) is 3.45. The molecule has 0 spiro atoms. The van der Waals surface area contributed by atoms with Crippen LogP contribution in [0.5, 0.6) is 23.3 Å². The Morgan fingerprint density at radius 3 is 2.56 bits per heavy atom. The molecule has 3 aromatic carbocycles. The molecule has 62 heavy (non-hydrogen) atoms. The number of hydrogen-bond acceptors (Lipinski definition) is 13. The third-order valence-corrected chi connectivity index (χ3v) is 11.9. The lowest BCUT2D eigenvalue weighted by Crippen LogP contribution is -2.45. The molecule has 318 valence electrons. The average Bonchev–Trinajstić information content (AvgIpc) is 3.70. The summed E-state index contributed by atoms with van der Waals surface area (Å²) in [4.78, 5) is 35.7. The summed E-state index contributed by atoms with van der Waals surface area (Å²) in [7, 11) is 3.65. The van der Waals surface area contributed by atoms with Gasteiger partial charge in [-0.25, -0.2) is 24.1 Å². The minimum Gasteiger partial charge on any atom is -0.491 e. The monoisotopic (exact) mass is 875 g/mol. The molecule has 5 heterocycles. The maximum atomic E-state index is 14.8. The van der Waals surface area contributed by atoms with Gasteiger partial charge in [-0.2, -0.15) is 4.37 Å². The van der Waals surface area contributed by atoms with Crippen molar-refractivity contribution in [2.24, 2.45) is 0 Å². The van der Waals surface area contributed by atoms with Gasteiger partial charge in [0.05, 0.1) is 39.2 Å². The van der Waals surface area contributed by atoms with E-state index in [-0.39, 0.29) is 18.9 Å². The van der Waals surface area contributed by atoms with E-state index < -0.39 is 17.9 Å². The standard InChI is InChI=1S/C46H43ClFN7O6S/c1-28-33(13-14-36(41(28)47)59-23-22-55-20-18-54(2)19-21-55)39-40-38(26-51-42(39)30-9-6-10-31(48)24-30)62-53-45(40)61-37(46(56)57)25-29-8-4-5-12-35(29)60-27-32-15-17-49-43(52-32)34-11-7-16-50-44(34)58-3/h4-17,24,26,37H,18-23,25,27H2,1-3H3,(H,56,57)/t37-/m1/s1. The molecule has 1 N–H and O–H groups in total. The average molecular weight is 876 g/mol. The fourth-order valence-electron chi connectivity index (χ4n) is 7.32. The van der Waals surface area contributed by atoms with Crippen LogP contribution in [-0.4, -0.2) is 105 Å². The number of hydrogen-bond donors (Lipinski definition) is 1. The van der Waals surface area contributed by atoms with Crippen molar-refractivity contribution in [3.63, 3.8) is 0 Å². The Hall–Kier alpha value is -6.26. The van der Waals surface area contributed by atoms with Crippen molar-refractivity contribution in [1.82, 2.24) is 34.1 Å². The van der Waals surface area contributed by atoms with Crippen LogP contribution in [0.3, 0.4) is 0 Å². The maximum Gasteiger partial charge on any atom is 0.345 e. The fraction of sp³-hybridized carbons (Fsp3) is 0.261. The minimum absolute atomic E-state index is 0.0609. The predicted molar refractivity (Wildman–Crippen MR) is 236 cm³/mol. The Labute approximate surface area is 366 Å². The Morgan fingerprint density at radius 1 is 0.919 bits per heavy atom. The number of fused-ring (bicyclic) bond motifs is 1. The largest absolute Gasteiger partial charge is 0.491 e. The third-order valence-electron chi connectivity index (χ3n) is 10.7. The summed E-state index contributed by atoms with van der Waals surface area (Å²) in [5, 5.41) is 11.5. The number of benzene rings is 3. The normalized spacial score (nSPS) is 13.8. The molecular formula is C46H43ClFN7O6S.